The summed E-state index contributed by atoms with van der Waals surface area (Å²) in [5.41, 5.74) is 1.57. The smallest absolute Gasteiger partial charge is 0.163 e. The first-order valence-corrected chi connectivity index (χ1v) is 6.83. The SMILES string of the molecule is CCn1cncc1COc1cc(Br)ccc1C(C)=O. The zero-order chi connectivity index (χ0) is 13.8. The number of carbonyl (C=O) groups is 1. The average Bonchev–Trinajstić information content (AvgIpc) is 2.83. The molecule has 1 aromatic heterocycles. The molecule has 4 nitrogen and oxygen atoms in total. The molecule has 0 unspecified atom stereocenters. The Kier molecular flexibility index (Phi) is 4.37. The fraction of sp³-hybridized carbons (Fsp3) is 0.286. The van der Waals surface area contributed by atoms with Crippen molar-refractivity contribution in [3.05, 3.63) is 46.5 Å². The average molecular weight is 323 g/mol. The first-order chi connectivity index (χ1) is 9.11. The molecule has 0 saturated heterocycles. The lowest BCUT2D eigenvalue weighted by Gasteiger charge is -2.11. The van der Waals surface area contributed by atoms with E-state index in [2.05, 4.69) is 20.9 Å². The zero-order valence-electron chi connectivity index (χ0n) is 10.9. The van der Waals surface area contributed by atoms with Crippen molar-refractivity contribution in [1.82, 2.24) is 9.55 Å². The maximum atomic E-state index is 11.5. The molecule has 0 N–H and O–H groups in total. The van der Waals surface area contributed by atoms with E-state index in [4.69, 9.17) is 4.74 Å². The number of halogens is 1. The van der Waals surface area contributed by atoms with Gasteiger partial charge in [0.2, 0.25) is 0 Å². The highest BCUT2D eigenvalue weighted by Gasteiger charge is 2.10. The standard InChI is InChI=1S/C14H15BrN2O2/c1-3-17-9-16-7-12(17)8-19-14-6-11(15)4-5-13(14)10(2)18/h4-7,9H,3,8H2,1-2H3. The van der Waals surface area contributed by atoms with E-state index in [1.165, 1.54) is 6.92 Å². The molecule has 2 rings (SSSR count). The second-order valence-electron chi connectivity index (χ2n) is 4.16. The molecular weight excluding hydrogens is 308 g/mol. The van der Waals surface area contributed by atoms with Crippen molar-refractivity contribution in [2.24, 2.45) is 0 Å². The van der Waals surface area contributed by atoms with Crippen LogP contribution < -0.4 is 4.74 Å². The Morgan fingerprint density at radius 3 is 2.95 bits per heavy atom. The molecule has 0 fully saturated rings. The summed E-state index contributed by atoms with van der Waals surface area (Å²) in [6.45, 7) is 4.82. The molecule has 0 spiro atoms. The molecule has 1 aromatic carbocycles. The van der Waals surface area contributed by atoms with Gasteiger partial charge in [-0.15, -0.1) is 0 Å². The van der Waals surface area contributed by atoms with Gasteiger partial charge in [-0.3, -0.25) is 4.79 Å². The van der Waals surface area contributed by atoms with Crippen LogP contribution in [0.3, 0.4) is 0 Å². The Hall–Kier alpha value is -1.62. The van der Waals surface area contributed by atoms with Gasteiger partial charge in [-0.25, -0.2) is 4.98 Å². The maximum absolute atomic E-state index is 11.5. The Labute approximate surface area is 120 Å². The van der Waals surface area contributed by atoms with Crippen molar-refractivity contribution >= 4 is 21.7 Å². The highest BCUT2D eigenvalue weighted by molar-refractivity contribution is 9.10. The number of aromatic nitrogens is 2. The van der Waals surface area contributed by atoms with Crippen LogP contribution in [0.5, 0.6) is 5.75 Å². The van der Waals surface area contributed by atoms with Gasteiger partial charge in [0.25, 0.3) is 0 Å². The van der Waals surface area contributed by atoms with Crippen LogP contribution in [0.4, 0.5) is 0 Å². The molecule has 1 heterocycles. The van der Waals surface area contributed by atoms with Crippen LogP contribution in [0.15, 0.2) is 35.2 Å². The van der Waals surface area contributed by atoms with Gasteiger partial charge in [0.15, 0.2) is 5.78 Å². The minimum Gasteiger partial charge on any atom is -0.487 e. The summed E-state index contributed by atoms with van der Waals surface area (Å²) < 4.78 is 8.65. The van der Waals surface area contributed by atoms with E-state index in [1.54, 1.807) is 18.6 Å². The van der Waals surface area contributed by atoms with E-state index in [-0.39, 0.29) is 5.78 Å². The summed E-state index contributed by atoms with van der Waals surface area (Å²) in [5, 5.41) is 0. The molecular formula is C14H15BrN2O2. The lowest BCUT2D eigenvalue weighted by atomic mass is 10.1. The second kappa shape index (κ2) is 6.02. The van der Waals surface area contributed by atoms with E-state index < -0.39 is 0 Å². The van der Waals surface area contributed by atoms with Gasteiger partial charge in [0.1, 0.15) is 12.4 Å². The first-order valence-electron chi connectivity index (χ1n) is 6.04. The fourth-order valence-corrected chi connectivity index (χ4v) is 2.15. The van der Waals surface area contributed by atoms with Gasteiger partial charge in [-0.1, -0.05) is 15.9 Å². The summed E-state index contributed by atoms with van der Waals surface area (Å²) in [6, 6.07) is 5.40. The van der Waals surface area contributed by atoms with E-state index >= 15 is 0 Å². The predicted octanol–water partition coefficient (Wildman–Crippen LogP) is 3.45. The summed E-state index contributed by atoms with van der Waals surface area (Å²) in [5.74, 6) is 0.581. The fourth-order valence-electron chi connectivity index (χ4n) is 1.81. The first kappa shape index (κ1) is 13.8. The number of imidazole rings is 1. The number of benzene rings is 1. The number of hydrogen-bond donors (Lipinski definition) is 0. The van der Waals surface area contributed by atoms with Crippen LogP contribution in [-0.4, -0.2) is 15.3 Å². The normalized spacial score (nSPS) is 10.5. The van der Waals surface area contributed by atoms with Crippen molar-refractivity contribution in [2.45, 2.75) is 27.0 Å². The summed E-state index contributed by atoms with van der Waals surface area (Å²) in [7, 11) is 0. The molecule has 2 aromatic rings. The molecule has 5 heteroatoms. The lowest BCUT2D eigenvalue weighted by Crippen LogP contribution is -2.06. The minimum absolute atomic E-state index is 0.00787. The van der Waals surface area contributed by atoms with Gasteiger partial charge < -0.3 is 9.30 Å². The van der Waals surface area contributed by atoms with Crippen molar-refractivity contribution < 1.29 is 9.53 Å². The molecule has 0 aliphatic carbocycles. The largest absolute Gasteiger partial charge is 0.487 e. The van der Waals surface area contributed by atoms with Crippen LogP contribution in [0.2, 0.25) is 0 Å². The summed E-state index contributed by atoms with van der Waals surface area (Å²) in [4.78, 5) is 15.6. The number of hydrogen-bond acceptors (Lipinski definition) is 3. The van der Waals surface area contributed by atoms with Crippen molar-refractivity contribution in [2.75, 3.05) is 0 Å². The molecule has 19 heavy (non-hydrogen) atoms. The molecule has 0 aliphatic heterocycles. The highest BCUT2D eigenvalue weighted by atomic mass is 79.9. The van der Waals surface area contributed by atoms with Crippen LogP contribution in [-0.2, 0) is 13.2 Å². The third-order valence-electron chi connectivity index (χ3n) is 2.84. The van der Waals surface area contributed by atoms with Crippen molar-refractivity contribution in [3.63, 3.8) is 0 Å². The van der Waals surface area contributed by atoms with Gasteiger partial charge in [0.05, 0.1) is 23.8 Å². The molecule has 0 saturated carbocycles. The van der Waals surface area contributed by atoms with Crippen molar-refractivity contribution in [1.29, 1.82) is 0 Å². The number of ether oxygens (including phenoxy) is 1. The Morgan fingerprint density at radius 2 is 2.26 bits per heavy atom. The third-order valence-corrected chi connectivity index (χ3v) is 3.33. The number of Topliss-reactive ketones (excluding diaryl/α,β-unsaturated/α-hetero) is 1. The number of carbonyl (C=O) groups excluding carboxylic acids is 1. The van der Waals surface area contributed by atoms with Gasteiger partial charge in [-0.05, 0) is 32.0 Å². The number of ketones is 1. The van der Waals surface area contributed by atoms with Crippen LogP contribution in [0.25, 0.3) is 0 Å². The molecule has 0 radical (unpaired) electrons. The van der Waals surface area contributed by atoms with Crippen LogP contribution in [0.1, 0.15) is 29.9 Å². The Bertz CT molecular complexity index is 593. The zero-order valence-corrected chi connectivity index (χ0v) is 12.5. The highest BCUT2D eigenvalue weighted by Crippen LogP contribution is 2.25. The maximum Gasteiger partial charge on any atom is 0.163 e. The van der Waals surface area contributed by atoms with Gasteiger partial charge >= 0.3 is 0 Å². The van der Waals surface area contributed by atoms with E-state index in [1.807, 2.05) is 23.6 Å². The molecule has 0 bridgehead atoms. The third kappa shape index (κ3) is 3.23. The number of rotatable bonds is 5. The minimum atomic E-state index is -0.00787. The topological polar surface area (TPSA) is 44.1 Å². The van der Waals surface area contributed by atoms with Crippen molar-refractivity contribution in [3.8, 4) is 5.75 Å². The lowest BCUT2D eigenvalue weighted by molar-refractivity contribution is 0.101. The summed E-state index contributed by atoms with van der Waals surface area (Å²) >= 11 is 3.38. The second-order valence-corrected chi connectivity index (χ2v) is 5.07. The summed E-state index contributed by atoms with van der Waals surface area (Å²) in [6.07, 6.45) is 3.54. The van der Waals surface area contributed by atoms with Gasteiger partial charge in [-0.2, -0.15) is 0 Å². The van der Waals surface area contributed by atoms with E-state index in [9.17, 15) is 4.79 Å². The van der Waals surface area contributed by atoms with Crippen LogP contribution >= 0.6 is 15.9 Å². The van der Waals surface area contributed by atoms with E-state index in [0.717, 1.165) is 16.7 Å². The predicted molar refractivity (Wildman–Crippen MR) is 76.4 cm³/mol. The number of nitrogens with zero attached hydrogens (tertiary/aromatic N) is 2. The quantitative estimate of drug-likeness (QED) is 0.792. The van der Waals surface area contributed by atoms with Gasteiger partial charge in [0, 0.05) is 11.0 Å². The Balaban J connectivity index is 2.19. The molecule has 0 amide bonds. The molecule has 0 aliphatic rings. The molecule has 100 valence electrons. The monoisotopic (exact) mass is 322 g/mol. The number of aryl methyl sites for hydroxylation is 1. The van der Waals surface area contributed by atoms with E-state index in [0.29, 0.717) is 17.9 Å². The molecule has 0 atom stereocenters. The Morgan fingerprint density at radius 1 is 1.47 bits per heavy atom. The van der Waals surface area contributed by atoms with Crippen LogP contribution in [0, 0.1) is 0 Å².